The minimum atomic E-state index is 0.449. The minimum absolute atomic E-state index is 0.449. The summed E-state index contributed by atoms with van der Waals surface area (Å²) in [5.74, 6) is 2.68. The highest BCUT2D eigenvalue weighted by molar-refractivity contribution is 7.16. The zero-order valence-corrected chi connectivity index (χ0v) is 13.0. The Morgan fingerprint density at radius 2 is 2.00 bits per heavy atom. The summed E-state index contributed by atoms with van der Waals surface area (Å²) in [4.78, 5) is 10.3. The first-order valence-corrected chi connectivity index (χ1v) is 7.98. The lowest BCUT2D eigenvalue weighted by atomic mass is 10.0. The summed E-state index contributed by atoms with van der Waals surface area (Å²) in [6.07, 6.45) is 3.30. The maximum atomic E-state index is 4.64. The molecule has 1 atom stereocenters. The van der Waals surface area contributed by atoms with Crippen LogP contribution in [0.25, 0.3) is 10.2 Å². The van der Waals surface area contributed by atoms with Gasteiger partial charge in [0.2, 0.25) is 0 Å². The largest absolute Gasteiger partial charge is 0.367 e. The van der Waals surface area contributed by atoms with Gasteiger partial charge < -0.3 is 5.32 Å². The first kappa shape index (κ1) is 14.3. The third-order valence-electron chi connectivity index (χ3n) is 3.25. The van der Waals surface area contributed by atoms with Crippen LogP contribution in [0.5, 0.6) is 0 Å². The van der Waals surface area contributed by atoms with Gasteiger partial charge in [0.1, 0.15) is 16.5 Å². The van der Waals surface area contributed by atoms with Crippen LogP contribution in [0, 0.1) is 5.92 Å². The summed E-state index contributed by atoms with van der Waals surface area (Å²) >= 11 is 1.69. The Labute approximate surface area is 119 Å². The van der Waals surface area contributed by atoms with Crippen LogP contribution in [0.2, 0.25) is 0 Å². The van der Waals surface area contributed by atoms with Crippen molar-refractivity contribution >= 4 is 27.4 Å². The second-order valence-corrected chi connectivity index (χ2v) is 6.39. The van der Waals surface area contributed by atoms with Crippen LogP contribution in [-0.2, 0) is 6.42 Å². The standard InChI is InChI=1S/C15H23N3S/c1-5-13-17-14(12-8-9-19-15(12)18-13)16-11(4)7-6-10(2)3/h8-11H,5-7H2,1-4H3,(H,16,17,18). The summed E-state index contributed by atoms with van der Waals surface area (Å²) in [5, 5.41) is 6.79. The predicted octanol–water partition coefficient (Wildman–Crippen LogP) is 4.49. The normalized spacial score (nSPS) is 13.1. The topological polar surface area (TPSA) is 37.8 Å². The molecule has 0 aliphatic heterocycles. The van der Waals surface area contributed by atoms with Gasteiger partial charge in [0, 0.05) is 12.5 Å². The number of thiophene rings is 1. The molecule has 3 nitrogen and oxygen atoms in total. The van der Waals surface area contributed by atoms with Crippen molar-refractivity contribution in [2.24, 2.45) is 5.92 Å². The molecule has 4 heteroatoms. The molecule has 2 aromatic rings. The fourth-order valence-corrected chi connectivity index (χ4v) is 2.84. The highest BCUT2D eigenvalue weighted by atomic mass is 32.1. The lowest BCUT2D eigenvalue weighted by Gasteiger charge is -2.16. The number of aryl methyl sites for hydroxylation is 1. The van der Waals surface area contributed by atoms with E-state index in [1.54, 1.807) is 11.3 Å². The van der Waals surface area contributed by atoms with Gasteiger partial charge in [-0.2, -0.15) is 0 Å². The summed E-state index contributed by atoms with van der Waals surface area (Å²) in [5.41, 5.74) is 0. The molecule has 19 heavy (non-hydrogen) atoms. The Kier molecular flexibility index (Phi) is 4.75. The molecule has 2 rings (SSSR count). The average molecular weight is 277 g/mol. The van der Waals surface area contributed by atoms with E-state index in [0.717, 1.165) is 34.2 Å². The molecular weight excluding hydrogens is 254 g/mol. The third-order valence-corrected chi connectivity index (χ3v) is 4.05. The van der Waals surface area contributed by atoms with Crippen molar-refractivity contribution in [3.8, 4) is 0 Å². The van der Waals surface area contributed by atoms with Gasteiger partial charge in [0.25, 0.3) is 0 Å². The van der Waals surface area contributed by atoms with Crippen LogP contribution in [0.4, 0.5) is 5.82 Å². The smallest absolute Gasteiger partial charge is 0.138 e. The quantitative estimate of drug-likeness (QED) is 0.845. The van der Waals surface area contributed by atoms with Gasteiger partial charge >= 0.3 is 0 Å². The van der Waals surface area contributed by atoms with Crippen LogP contribution in [0.15, 0.2) is 11.4 Å². The minimum Gasteiger partial charge on any atom is -0.367 e. The lowest BCUT2D eigenvalue weighted by molar-refractivity contribution is 0.527. The number of hydrogen-bond donors (Lipinski definition) is 1. The monoisotopic (exact) mass is 277 g/mol. The molecule has 0 saturated heterocycles. The van der Waals surface area contributed by atoms with Gasteiger partial charge in [-0.1, -0.05) is 20.8 Å². The fraction of sp³-hybridized carbons (Fsp3) is 0.600. The van der Waals surface area contributed by atoms with Gasteiger partial charge in [-0.15, -0.1) is 11.3 Å². The zero-order valence-electron chi connectivity index (χ0n) is 12.2. The van der Waals surface area contributed by atoms with E-state index in [9.17, 15) is 0 Å². The van der Waals surface area contributed by atoms with E-state index in [0.29, 0.717) is 6.04 Å². The SMILES string of the molecule is CCc1nc(NC(C)CCC(C)C)c2ccsc2n1. The Balaban J connectivity index is 2.16. The Bertz CT molecular complexity index is 533. The average Bonchev–Trinajstić information content (AvgIpc) is 2.84. The van der Waals surface area contributed by atoms with E-state index in [-0.39, 0.29) is 0 Å². The third kappa shape index (κ3) is 3.66. The van der Waals surface area contributed by atoms with E-state index in [1.165, 1.54) is 12.8 Å². The number of anilines is 1. The summed E-state index contributed by atoms with van der Waals surface area (Å²) in [7, 11) is 0. The molecule has 0 bridgehead atoms. The molecule has 0 aliphatic rings. The van der Waals surface area contributed by atoms with Crippen molar-refractivity contribution in [3.63, 3.8) is 0 Å². The van der Waals surface area contributed by atoms with Crippen LogP contribution in [0.1, 0.15) is 46.4 Å². The first-order chi connectivity index (χ1) is 9.10. The molecule has 0 aliphatic carbocycles. The number of hydrogen-bond acceptors (Lipinski definition) is 4. The van der Waals surface area contributed by atoms with Crippen molar-refractivity contribution in [1.29, 1.82) is 0 Å². The molecular formula is C15H23N3S. The van der Waals surface area contributed by atoms with Gasteiger partial charge in [0.15, 0.2) is 0 Å². The van der Waals surface area contributed by atoms with Crippen molar-refractivity contribution < 1.29 is 0 Å². The van der Waals surface area contributed by atoms with Gasteiger partial charge in [-0.3, -0.25) is 0 Å². The Morgan fingerprint density at radius 1 is 1.21 bits per heavy atom. The molecule has 0 amide bonds. The molecule has 1 unspecified atom stereocenters. The Morgan fingerprint density at radius 3 is 2.68 bits per heavy atom. The molecule has 1 N–H and O–H groups in total. The molecule has 0 fully saturated rings. The van der Waals surface area contributed by atoms with Gasteiger partial charge in [-0.25, -0.2) is 9.97 Å². The zero-order chi connectivity index (χ0) is 13.8. The molecule has 104 valence electrons. The second kappa shape index (κ2) is 6.33. The predicted molar refractivity (Wildman–Crippen MR) is 83.9 cm³/mol. The lowest BCUT2D eigenvalue weighted by Crippen LogP contribution is -2.17. The van der Waals surface area contributed by atoms with E-state index < -0.39 is 0 Å². The fourth-order valence-electron chi connectivity index (χ4n) is 2.06. The summed E-state index contributed by atoms with van der Waals surface area (Å²) in [6, 6.07) is 2.56. The van der Waals surface area contributed by atoms with Crippen LogP contribution < -0.4 is 5.32 Å². The Hall–Kier alpha value is -1.16. The number of rotatable bonds is 6. The van der Waals surface area contributed by atoms with Crippen LogP contribution in [0.3, 0.4) is 0 Å². The molecule has 2 aromatic heterocycles. The van der Waals surface area contributed by atoms with Crippen LogP contribution in [-0.4, -0.2) is 16.0 Å². The number of aromatic nitrogens is 2. The van der Waals surface area contributed by atoms with Crippen molar-refractivity contribution in [2.45, 2.75) is 53.0 Å². The van der Waals surface area contributed by atoms with E-state index >= 15 is 0 Å². The number of fused-ring (bicyclic) bond motifs is 1. The van der Waals surface area contributed by atoms with Crippen LogP contribution >= 0.6 is 11.3 Å². The van der Waals surface area contributed by atoms with Crippen molar-refractivity contribution in [2.75, 3.05) is 5.32 Å². The summed E-state index contributed by atoms with van der Waals surface area (Å²) in [6.45, 7) is 8.86. The van der Waals surface area contributed by atoms with Crippen molar-refractivity contribution in [3.05, 3.63) is 17.3 Å². The highest BCUT2D eigenvalue weighted by Gasteiger charge is 2.11. The number of nitrogens with zero attached hydrogens (tertiary/aromatic N) is 2. The van der Waals surface area contributed by atoms with Crippen molar-refractivity contribution in [1.82, 2.24) is 9.97 Å². The number of nitrogens with one attached hydrogen (secondary N) is 1. The van der Waals surface area contributed by atoms with E-state index in [4.69, 9.17) is 0 Å². The molecule has 0 spiro atoms. The van der Waals surface area contributed by atoms with E-state index in [1.807, 2.05) is 0 Å². The molecule has 0 saturated carbocycles. The maximum absolute atomic E-state index is 4.64. The molecule has 0 aromatic carbocycles. The maximum Gasteiger partial charge on any atom is 0.138 e. The van der Waals surface area contributed by atoms with Gasteiger partial charge in [0.05, 0.1) is 5.39 Å². The second-order valence-electron chi connectivity index (χ2n) is 5.50. The molecule has 2 heterocycles. The molecule has 0 radical (unpaired) electrons. The highest BCUT2D eigenvalue weighted by Crippen LogP contribution is 2.26. The summed E-state index contributed by atoms with van der Waals surface area (Å²) < 4.78 is 0. The first-order valence-electron chi connectivity index (χ1n) is 7.10. The van der Waals surface area contributed by atoms with Gasteiger partial charge in [-0.05, 0) is 37.1 Å². The van der Waals surface area contributed by atoms with E-state index in [2.05, 4.69) is 54.4 Å².